The molecule has 4 nitrogen and oxygen atoms in total. The van der Waals surface area contributed by atoms with Gasteiger partial charge in [0, 0.05) is 6.20 Å². The lowest BCUT2D eigenvalue weighted by molar-refractivity contribution is 1.01. The van der Waals surface area contributed by atoms with Crippen molar-refractivity contribution in [3.63, 3.8) is 0 Å². The van der Waals surface area contributed by atoms with Crippen molar-refractivity contribution < 1.29 is 0 Å². The molecule has 2 aromatic carbocycles. The summed E-state index contributed by atoms with van der Waals surface area (Å²) in [4.78, 5) is 19.1. The molecule has 4 heteroatoms. The van der Waals surface area contributed by atoms with Crippen molar-refractivity contribution in [1.29, 1.82) is 0 Å². The lowest BCUT2D eigenvalue weighted by Gasteiger charge is -2.06. The summed E-state index contributed by atoms with van der Waals surface area (Å²) in [6.07, 6.45) is 2.55. The van der Waals surface area contributed by atoms with Gasteiger partial charge in [0.05, 0.1) is 11.2 Å². The van der Waals surface area contributed by atoms with E-state index in [1.165, 1.54) is 11.1 Å². The van der Waals surface area contributed by atoms with Crippen molar-refractivity contribution in [2.75, 3.05) is 0 Å². The van der Waals surface area contributed by atoms with Crippen LogP contribution in [-0.2, 0) is 6.42 Å². The highest BCUT2D eigenvalue weighted by Gasteiger charge is 2.08. The number of nitrogens with zero attached hydrogens (tertiary/aromatic N) is 2. The standard InChI is InChI=1S/C19H15N3O/c23-19-21-18-17(7-4-12-20-18)22(19)16-10-8-15(9-11-16)13-14-5-2-1-3-6-14/h1-12H,13H2,(H,20,21,23). The van der Waals surface area contributed by atoms with Crippen LogP contribution >= 0.6 is 0 Å². The van der Waals surface area contributed by atoms with Gasteiger partial charge >= 0.3 is 5.69 Å². The molecule has 0 saturated heterocycles. The highest BCUT2D eigenvalue weighted by Crippen LogP contribution is 2.16. The number of imidazole rings is 1. The third-order valence-corrected chi connectivity index (χ3v) is 3.90. The molecular formula is C19H15N3O. The van der Waals surface area contributed by atoms with Gasteiger partial charge in [-0.05, 0) is 41.8 Å². The SMILES string of the molecule is O=c1[nH]c2ncccc2n1-c1ccc(Cc2ccccc2)cc1. The first kappa shape index (κ1) is 13.5. The summed E-state index contributed by atoms with van der Waals surface area (Å²) < 4.78 is 1.65. The Morgan fingerprint density at radius 2 is 1.61 bits per heavy atom. The van der Waals surface area contributed by atoms with Gasteiger partial charge in [0.2, 0.25) is 0 Å². The van der Waals surface area contributed by atoms with Gasteiger partial charge in [0.15, 0.2) is 5.65 Å². The number of fused-ring (bicyclic) bond motifs is 1. The predicted octanol–water partition coefficient (Wildman–Crippen LogP) is 3.30. The third kappa shape index (κ3) is 2.55. The van der Waals surface area contributed by atoms with Crippen LogP contribution in [0, 0.1) is 0 Å². The van der Waals surface area contributed by atoms with Gasteiger partial charge in [0.1, 0.15) is 0 Å². The summed E-state index contributed by atoms with van der Waals surface area (Å²) in [5.74, 6) is 0. The number of aromatic nitrogens is 3. The summed E-state index contributed by atoms with van der Waals surface area (Å²) in [5.41, 5.74) is 4.54. The smallest absolute Gasteiger partial charge is 0.290 e. The molecule has 0 atom stereocenters. The number of rotatable bonds is 3. The van der Waals surface area contributed by atoms with E-state index >= 15 is 0 Å². The van der Waals surface area contributed by atoms with Crippen LogP contribution in [0.4, 0.5) is 0 Å². The van der Waals surface area contributed by atoms with Gasteiger partial charge in [-0.2, -0.15) is 0 Å². The third-order valence-electron chi connectivity index (χ3n) is 3.90. The summed E-state index contributed by atoms with van der Waals surface area (Å²) >= 11 is 0. The van der Waals surface area contributed by atoms with Crippen LogP contribution in [-0.4, -0.2) is 14.5 Å². The maximum atomic E-state index is 12.2. The molecule has 2 aromatic heterocycles. The van der Waals surface area contributed by atoms with Crippen LogP contribution in [0.2, 0.25) is 0 Å². The second kappa shape index (κ2) is 5.57. The molecule has 0 saturated carbocycles. The highest BCUT2D eigenvalue weighted by molar-refractivity contribution is 5.72. The zero-order valence-electron chi connectivity index (χ0n) is 12.4. The topological polar surface area (TPSA) is 50.7 Å². The van der Waals surface area contributed by atoms with Gasteiger partial charge in [-0.3, -0.25) is 9.55 Å². The van der Waals surface area contributed by atoms with Crippen molar-refractivity contribution in [2.45, 2.75) is 6.42 Å². The van der Waals surface area contributed by atoms with E-state index in [9.17, 15) is 4.79 Å². The molecule has 0 bridgehead atoms. The average Bonchev–Trinajstić information content (AvgIpc) is 2.92. The minimum atomic E-state index is -0.172. The molecule has 0 amide bonds. The Balaban J connectivity index is 1.70. The Morgan fingerprint density at radius 1 is 0.870 bits per heavy atom. The van der Waals surface area contributed by atoms with Gasteiger partial charge in [-0.25, -0.2) is 9.78 Å². The van der Waals surface area contributed by atoms with E-state index in [4.69, 9.17) is 0 Å². The Hall–Kier alpha value is -3.14. The largest absolute Gasteiger partial charge is 0.332 e. The number of hydrogen-bond acceptors (Lipinski definition) is 2. The van der Waals surface area contributed by atoms with Crippen molar-refractivity contribution in [1.82, 2.24) is 14.5 Å². The molecule has 2 heterocycles. The molecule has 112 valence electrons. The van der Waals surface area contributed by atoms with Crippen LogP contribution in [0.25, 0.3) is 16.9 Å². The van der Waals surface area contributed by atoms with Crippen LogP contribution in [0.1, 0.15) is 11.1 Å². The second-order valence-electron chi connectivity index (χ2n) is 5.47. The van der Waals surface area contributed by atoms with E-state index in [0.29, 0.717) is 5.65 Å². The fourth-order valence-corrected chi connectivity index (χ4v) is 2.79. The fraction of sp³-hybridized carbons (Fsp3) is 0.0526. The fourth-order valence-electron chi connectivity index (χ4n) is 2.79. The van der Waals surface area contributed by atoms with Crippen LogP contribution in [0.3, 0.4) is 0 Å². The van der Waals surface area contributed by atoms with E-state index in [1.807, 2.05) is 42.5 Å². The molecule has 23 heavy (non-hydrogen) atoms. The first-order chi connectivity index (χ1) is 11.3. The Labute approximate surface area is 133 Å². The number of pyridine rings is 1. The number of H-pyrrole nitrogens is 1. The molecule has 4 aromatic rings. The Kier molecular flexibility index (Phi) is 3.27. The van der Waals surface area contributed by atoms with E-state index in [0.717, 1.165) is 17.6 Å². The summed E-state index contributed by atoms with van der Waals surface area (Å²) in [5, 5.41) is 0. The lowest BCUT2D eigenvalue weighted by Crippen LogP contribution is -2.14. The first-order valence-corrected chi connectivity index (χ1v) is 7.50. The molecule has 4 rings (SSSR count). The van der Waals surface area contributed by atoms with Crippen molar-refractivity contribution >= 4 is 11.2 Å². The zero-order chi connectivity index (χ0) is 15.6. The minimum absolute atomic E-state index is 0.172. The molecule has 0 aliphatic carbocycles. The normalized spacial score (nSPS) is 11.0. The monoisotopic (exact) mass is 301 g/mol. The Bertz CT molecular complexity index is 998. The zero-order valence-corrected chi connectivity index (χ0v) is 12.4. The molecule has 0 fully saturated rings. The summed E-state index contributed by atoms with van der Waals surface area (Å²) in [6.45, 7) is 0. The molecule has 1 N–H and O–H groups in total. The molecule has 0 spiro atoms. The molecule has 0 radical (unpaired) electrons. The van der Waals surface area contributed by atoms with Crippen molar-refractivity contribution in [2.24, 2.45) is 0 Å². The minimum Gasteiger partial charge on any atom is -0.290 e. The van der Waals surface area contributed by atoms with Gasteiger partial charge < -0.3 is 0 Å². The number of nitrogens with one attached hydrogen (secondary N) is 1. The number of benzene rings is 2. The summed E-state index contributed by atoms with van der Waals surface area (Å²) in [7, 11) is 0. The van der Waals surface area contributed by atoms with E-state index < -0.39 is 0 Å². The van der Waals surface area contributed by atoms with Crippen LogP contribution < -0.4 is 5.69 Å². The molecular weight excluding hydrogens is 286 g/mol. The van der Waals surface area contributed by atoms with Gasteiger partial charge in [-0.1, -0.05) is 42.5 Å². The second-order valence-corrected chi connectivity index (χ2v) is 5.47. The molecule has 0 unspecified atom stereocenters. The Morgan fingerprint density at radius 3 is 2.39 bits per heavy atom. The van der Waals surface area contributed by atoms with E-state index in [-0.39, 0.29) is 5.69 Å². The van der Waals surface area contributed by atoms with Crippen LogP contribution in [0.5, 0.6) is 0 Å². The average molecular weight is 301 g/mol. The summed E-state index contributed by atoms with van der Waals surface area (Å²) in [6, 6.07) is 22.1. The molecule has 0 aliphatic rings. The van der Waals surface area contributed by atoms with Gasteiger partial charge in [-0.15, -0.1) is 0 Å². The van der Waals surface area contributed by atoms with Crippen molar-refractivity contribution in [3.8, 4) is 5.69 Å². The van der Waals surface area contributed by atoms with E-state index in [1.54, 1.807) is 10.8 Å². The van der Waals surface area contributed by atoms with Crippen molar-refractivity contribution in [3.05, 3.63) is 94.5 Å². The van der Waals surface area contributed by atoms with Gasteiger partial charge in [0.25, 0.3) is 0 Å². The number of hydrogen-bond donors (Lipinski definition) is 1. The van der Waals surface area contributed by atoms with Crippen LogP contribution in [0.15, 0.2) is 77.7 Å². The highest BCUT2D eigenvalue weighted by atomic mass is 16.1. The lowest BCUT2D eigenvalue weighted by atomic mass is 10.0. The predicted molar refractivity (Wildman–Crippen MR) is 90.9 cm³/mol. The maximum Gasteiger partial charge on any atom is 0.332 e. The number of aromatic amines is 1. The quantitative estimate of drug-likeness (QED) is 0.631. The first-order valence-electron chi connectivity index (χ1n) is 7.50. The van der Waals surface area contributed by atoms with E-state index in [2.05, 4.69) is 34.2 Å². The maximum absolute atomic E-state index is 12.2. The molecule has 0 aliphatic heterocycles.